The molecule has 0 aliphatic carbocycles. The van der Waals surface area contributed by atoms with Crippen molar-refractivity contribution in [3.8, 4) is 5.75 Å². The highest BCUT2D eigenvalue weighted by Crippen LogP contribution is 2.28. The van der Waals surface area contributed by atoms with Gasteiger partial charge in [-0.3, -0.25) is 4.90 Å². The van der Waals surface area contributed by atoms with E-state index in [4.69, 9.17) is 10.5 Å². The Bertz CT molecular complexity index is 471. The fraction of sp³-hybridized carbons (Fsp3) is 0.647. The summed E-state index contributed by atoms with van der Waals surface area (Å²) in [6.45, 7) is 15.1. The summed E-state index contributed by atoms with van der Waals surface area (Å²) < 4.78 is 5.78. The van der Waals surface area contributed by atoms with Crippen LogP contribution >= 0.6 is 0 Å². The molecule has 2 N–H and O–H groups in total. The van der Waals surface area contributed by atoms with Gasteiger partial charge in [0.05, 0.1) is 6.10 Å². The summed E-state index contributed by atoms with van der Waals surface area (Å²) in [4.78, 5) is 4.92. The monoisotopic (exact) mass is 291 g/mol. The molecule has 1 aromatic carbocycles. The Hall–Kier alpha value is -1.42. The van der Waals surface area contributed by atoms with Crippen molar-refractivity contribution in [2.24, 2.45) is 0 Å². The molecule has 4 nitrogen and oxygen atoms in total. The third-order valence-corrected chi connectivity index (χ3v) is 3.88. The number of nitrogens with two attached hydrogens (primary N) is 1. The van der Waals surface area contributed by atoms with E-state index in [9.17, 15) is 0 Å². The minimum absolute atomic E-state index is 0.164. The fourth-order valence-electron chi connectivity index (χ4n) is 2.76. The number of nitrogen functional groups attached to an aromatic ring is 1. The maximum absolute atomic E-state index is 6.02. The number of hydrogen-bond acceptors (Lipinski definition) is 4. The van der Waals surface area contributed by atoms with Crippen LogP contribution in [0.4, 0.5) is 11.4 Å². The molecule has 1 heterocycles. The molecular weight excluding hydrogens is 262 g/mol. The molecule has 0 unspecified atom stereocenters. The lowest BCUT2D eigenvalue weighted by molar-refractivity contribution is 0.128. The lowest BCUT2D eigenvalue weighted by Gasteiger charge is -2.43. The first kappa shape index (κ1) is 16.0. The molecule has 118 valence electrons. The molecule has 21 heavy (non-hydrogen) atoms. The second kappa shape index (κ2) is 6.14. The Balaban J connectivity index is 2.08. The molecule has 4 heteroatoms. The molecule has 1 aromatic rings. The van der Waals surface area contributed by atoms with Crippen LogP contribution in [0.5, 0.6) is 5.75 Å². The minimum atomic E-state index is 0.164. The average molecular weight is 291 g/mol. The van der Waals surface area contributed by atoms with Gasteiger partial charge in [0.25, 0.3) is 0 Å². The SMILES string of the molecule is CC(C)Oc1cc(N)cc(N2CCN(C(C)(C)C)CC2)c1. The largest absolute Gasteiger partial charge is 0.491 e. The molecule has 1 aliphatic heterocycles. The van der Waals surface area contributed by atoms with Gasteiger partial charge in [-0.05, 0) is 40.7 Å². The van der Waals surface area contributed by atoms with Crippen molar-refractivity contribution >= 4 is 11.4 Å². The number of ether oxygens (including phenoxy) is 1. The molecule has 0 saturated carbocycles. The van der Waals surface area contributed by atoms with Crippen molar-refractivity contribution in [3.63, 3.8) is 0 Å². The number of anilines is 2. The lowest BCUT2D eigenvalue weighted by atomic mass is 10.0. The van der Waals surface area contributed by atoms with E-state index in [0.29, 0.717) is 0 Å². The third kappa shape index (κ3) is 4.27. The van der Waals surface area contributed by atoms with Gasteiger partial charge in [0.15, 0.2) is 0 Å². The highest BCUT2D eigenvalue weighted by Gasteiger charge is 2.26. The Morgan fingerprint density at radius 2 is 1.67 bits per heavy atom. The van der Waals surface area contributed by atoms with Gasteiger partial charge in [0, 0.05) is 55.2 Å². The Kier molecular flexibility index (Phi) is 4.67. The smallest absolute Gasteiger partial charge is 0.123 e. The highest BCUT2D eigenvalue weighted by atomic mass is 16.5. The molecule has 2 rings (SSSR count). The van der Waals surface area contributed by atoms with E-state index in [0.717, 1.165) is 37.6 Å². The second-order valence-electron chi connectivity index (χ2n) is 7.07. The number of hydrogen-bond donors (Lipinski definition) is 1. The predicted molar refractivity (Wildman–Crippen MR) is 90.2 cm³/mol. The average Bonchev–Trinajstić information content (AvgIpc) is 2.36. The van der Waals surface area contributed by atoms with Gasteiger partial charge in [-0.25, -0.2) is 0 Å². The van der Waals surface area contributed by atoms with Crippen molar-refractivity contribution < 1.29 is 4.74 Å². The van der Waals surface area contributed by atoms with Gasteiger partial charge in [-0.2, -0.15) is 0 Å². The molecular formula is C17H29N3O. The first-order valence-electron chi connectivity index (χ1n) is 7.83. The molecule has 0 spiro atoms. The van der Waals surface area contributed by atoms with Crippen LogP contribution in [0.3, 0.4) is 0 Å². The minimum Gasteiger partial charge on any atom is -0.491 e. The molecule has 0 amide bonds. The van der Waals surface area contributed by atoms with Crippen molar-refractivity contribution in [1.29, 1.82) is 0 Å². The number of rotatable bonds is 3. The summed E-state index contributed by atoms with van der Waals surface area (Å²) in [7, 11) is 0. The van der Waals surface area contributed by atoms with Crippen LogP contribution in [-0.4, -0.2) is 42.7 Å². The Morgan fingerprint density at radius 3 is 2.19 bits per heavy atom. The predicted octanol–water partition coefficient (Wildman–Crippen LogP) is 2.98. The van der Waals surface area contributed by atoms with Crippen LogP contribution in [0.15, 0.2) is 18.2 Å². The highest BCUT2D eigenvalue weighted by molar-refractivity contribution is 5.60. The van der Waals surface area contributed by atoms with E-state index in [1.165, 1.54) is 5.69 Å². The summed E-state index contributed by atoms with van der Waals surface area (Å²) in [5.41, 5.74) is 8.20. The van der Waals surface area contributed by atoms with Crippen LogP contribution in [0.25, 0.3) is 0 Å². The van der Waals surface area contributed by atoms with Crippen LogP contribution in [0.1, 0.15) is 34.6 Å². The van der Waals surface area contributed by atoms with Crippen molar-refractivity contribution in [2.45, 2.75) is 46.3 Å². The van der Waals surface area contributed by atoms with E-state index in [1.54, 1.807) is 0 Å². The van der Waals surface area contributed by atoms with E-state index >= 15 is 0 Å². The Morgan fingerprint density at radius 1 is 1.05 bits per heavy atom. The van der Waals surface area contributed by atoms with Crippen molar-refractivity contribution in [1.82, 2.24) is 4.90 Å². The number of piperazine rings is 1. The van der Waals surface area contributed by atoms with E-state index < -0.39 is 0 Å². The molecule has 0 bridgehead atoms. The molecule has 0 aromatic heterocycles. The van der Waals surface area contributed by atoms with Crippen LogP contribution in [0.2, 0.25) is 0 Å². The maximum atomic E-state index is 6.02. The second-order valence-corrected chi connectivity index (χ2v) is 7.07. The van der Waals surface area contributed by atoms with Gasteiger partial charge < -0.3 is 15.4 Å². The molecule has 1 fully saturated rings. The topological polar surface area (TPSA) is 41.7 Å². The maximum Gasteiger partial charge on any atom is 0.123 e. The van der Waals surface area contributed by atoms with Gasteiger partial charge in [-0.1, -0.05) is 0 Å². The zero-order chi connectivity index (χ0) is 15.6. The molecule has 1 aliphatic rings. The van der Waals surface area contributed by atoms with E-state index in [1.807, 2.05) is 26.0 Å². The van der Waals surface area contributed by atoms with Crippen molar-refractivity contribution in [2.75, 3.05) is 36.8 Å². The summed E-state index contributed by atoms with van der Waals surface area (Å²) in [6.07, 6.45) is 0.164. The van der Waals surface area contributed by atoms with Gasteiger partial charge >= 0.3 is 0 Å². The first-order chi connectivity index (χ1) is 9.75. The molecule has 0 radical (unpaired) electrons. The van der Waals surface area contributed by atoms with Crippen LogP contribution < -0.4 is 15.4 Å². The fourth-order valence-corrected chi connectivity index (χ4v) is 2.76. The van der Waals surface area contributed by atoms with Crippen LogP contribution in [0, 0.1) is 0 Å². The summed E-state index contributed by atoms with van der Waals surface area (Å²) >= 11 is 0. The quantitative estimate of drug-likeness (QED) is 0.869. The van der Waals surface area contributed by atoms with Gasteiger partial charge in [0.1, 0.15) is 5.75 Å². The van der Waals surface area contributed by atoms with E-state index in [-0.39, 0.29) is 11.6 Å². The Labute approximate surface area is 128 Å². The summed E-state index contributed by atoms with van der Waals surface area (Å²) in [5.74, 6) is 0.859. The van der Waals surface area contributed by atoms with Crippen LogP contribution in [-0.2, 0) is 0 Å². The standard InChI is InChI=1S/C17H29N3O/c1-13(2)21-16-11-14(18)10-15(12-16)19-6-8-20(9-7-19)17(3,4)5/h10-13H,6-9,18H2,1-5H3. The molecule has 1 saturated heterocycles. The zero-order valence-electron chi connectivity index (χ0n) is 14.0. The molecule has 0 atom stereocenters. The van der Waals surface area contributed by atoms with Crippen molar-refractivity contribution in [3.05, 3.63) is 18.2 Å². The lowest BCUT2D eigenvalue weighted by Crippen LogP contribution is -2.53. The first-order valence-corrected chi connectivity index (χ1v) is 7.83. The summed E-state index contributed by atoms with van der Waals surface area (Å²) in [6, 6.07) is 6.04. The number of nitrogens with zero attached hydrogens (tertiary/aromatic N) is 2. The normalized spacial score (nSPS) is 17.3. The summed E-state index contributed by atoms with van der Waals surface area (Å²) in [5, 5.41) is 0. The number of benzene rings is 1. The zero-order valence-corrected chi connectivity index (χ0v) is 14.0. The van der Waals surface area contributed by atoms with E-state index in [2.05, 4.69) is 36.6 Å². The van der Waals surface area contributed by atoms with Gasteiger partial charge in [-0.15, -0.1) is 0 Å². The third-order valence-electron chi connectivity index (χ3n) is 3.88. The van der Waals surface area contributed by atoms with Gasteiger partial charge in [0.2, 0.25) is 0 Å².